The van der Waals surface area contributed by atoms with E-state index in [-0.39, 0.29) is 5.75 Å². The third-order valence-electron chi connectivity index (χ3n) is 3.66. The molecule has 2 aromatic carbocycles. The summed E-state index contributed by atoms with van der Waals surface area (Å²) >= 11 is 3.28. The van der Waals surface area contributed by atoms with Gasteiger partial charge in [-0.1, -0.05) is 42.1 Å². The third kappa shape index (κ3) is 6.02. The fourth-order valence-electron chi connectivity index (χ4n) is 2.27. The second-order valence-corrected chi connectivity index (χ2v) is 6.54. The number of benzene rings is 2. The Hall–Kier alpha value is -2.14. The number of esters is 1. The van der Waals surface area contributed by atoms with Gasteiger partial charge in [0.25, 0.3) is 0 Å². The number of hydrogen-bond donors (Lipinski definition) is 0. The number of halogens is 1. The van der Waals surface area contributed by atoms with E-state index in [9.17, 15) is 9.59 Å². The van der Waals surface area contributed by atoms with Crippen molar-refractivity contribution in [2.24, 2.45) is 0 Å². The van der Waals surface area contributed by atoms with Gasteiger partial charge < -0.3 is 9.47 Å². The Morgan fingerprint density at radius 1 is 1.08 bits per heavy atom. The fourth-order valence-corrected chi connectivity index (χ4v) is 2.65. The van der Waals surface area contributed by atoms with Crippen LogP contribution in [0.5, 0.6) is 11.5 Å². The van der Waals surface area contributed by atoms with Gasteiger partial charge in [0.2, 0.25) is 0 Å². The van der Waals surface area contributed by atoms with Crippen molar-refractivity contribution in [3.05, 3.63) is 58.1 Å². The first kappa shape index (κ1) is 19.2. The molecule has 0 heterocycles. The molecule has 2 rings (SSSR count). The average Bonchev–Trinajstić information content (AvgIpc) is 2.63. The van der Waals surface area contributed by atoms with E-state index in [1.54, 1.807) is 42.5 Å². The van der Waals surface area contributed by atoms with Gasteiger partial charge in [0, 0.05) is 4.47 Å². The second kappa shape index (κ2) is 9.99. The zero-order chi connectivity index (χ0) is 18.1. The number of hydrogen-bond acceptors (Lipinski definition) is 4. The Labute approximate surface area is 156 Å². The first-order valence-corrected chi connectivity index (χ1v) is 9.13. The Bertz CT molecular complexity index is 710. The summed E-state index contributed by atoms with van der Waals surface area (Å²) in [6.07, 6.45) is 5.25. The lowest BCUT2D eigenvalue weighted by molar-refractivity contribution is 0.0733. The number of aldehydes is 1. The smallest absolute Gasteiger partial charge is 0.343 e. The molecule has 0 radical (unpaired) electrons. The van der Waals surface area contributed by atoms with Gasteiger partial charge in [0.05, 0.1) is 17.7 Å². The van der Waals surface area contributed by atoms with Crippen molar-refractivity contribution in [2.75, 3.05) is 6.61 Å². The normalized spacial score (nSPS) is 10.3. The molecule has 0 saturated carbocycles. The topological polar surface area (TPSA) is 52.6 Å². The molecule has 2 aromatic rings. The van der Waals surface area contributed by atoms with Gasteiger partial charge in [-0.2, -0.15) is 0 Å². The van der Waals surface area contributed by atoms with E-state index in [0.717, 1.165) is 23.1 Å². The molecular formula is C20H21BrO4. The second-order valence-electron chi connectivity index (χ2n) is 5.62. The quantitative estimate of drug-likeness (QED) is 0.241. The minimum Gasteiger partial charge on any atom is -0.494 e. The number of carbonyl (C=O) groups excluding carboxylic acids is 2. The minimum absolute atomic E-state index is 0.236. The number of rotatable bonds is 9. The van der Waals surface area contributed by atoms with Crippen LogP contribution in [0.15, 0.2) is 46.9 Å². The lowest BCUT2D eigenvalue weighted by Gasteiger charge is -2.09. The lowest BCUT2D eigenvalue weighted by atomic mass is 10.2. The van der Waals surface area contributed by atoms with Crippen LogP contribution >= 0.6 is 15.9 Å². The molecule has 25 heavy (non-hydrogen) atoms. The van der Waals surface area contributed by atoms with Gasteiger partial charge in [-0.3, -0.25) is 4.79 Å². The van der Waals surface area contributed by atoms with E-state index >= 15 is 0 Å². The SMILES string of the molecule is CCCCCCOc1ccc(C(=O)Oc2ccc(Br)cc2C=O)cc1. The van der Waals surface area contributed by atoms with Gasteiger partial charge in [-0.15, -0.1) is 0 Å². The predicted molar refractivity (Wildman–Crippen MR) is 101 cm³/mol. The van der Waals surface area contributed by atoms with Crippen LogP contribution in [-0.4, -0.2) is 18.9 Å². The summed E-state index contributed by atoms with van der Waals surface area (Å²) in [4.78, 5) is 23.3. The molecule has 5 heteroatoms. The summed E-state index contributed by atoms with van der Waals surface area (Å²) in [5, 5.41) is 0. The molecule has 0 aliphatic rings. The third-order valence-corrected chi connectivity index (χ3v) is 4.15. The van der Waals surface area contributed by atoms with Crippen LogP contribution < -0.4 is 9.47 Å². The highest BCUT2D eigenvalue weighted by molar-refractivity contribution is 9.10. The Kier molecular flexibility index (Phi) is 7.67. The van der Waals surface area contributed by atoms with Crippen molar-refractivity contribution in [3.8, 4) is 11.5 Å². The Morgan fingerprint density at radius 3 is 2.52 bits per heavy atom. The zero-order valence-corrected chi connectivity index (χ0v) is 15.8. The lowest BCUT2D eigenvalue weighted by Crippen LogP contribution is -2.09. The minimum atomic E-state index is -0.514. The molecule has 0 amide bonds. The van der Waals surface area contributed by atoms with Crippen molar-refractivity contribution >= 4 is 28.2 Å². The first-order valence-electron chi connectivity index (χ1n) is 8.34. The molecule has 0 bridgehead atoms. The van der Waals surface area contributed by atoms with E-state index < -0.39 is 5.97 Å². The molecule has 4 nitrogen and oxygen atoms in total. The first-order chi connectivity index (χ1) is 12.1. The highest BCUT2D eigenvalue weighted by atomic mass is 79.9. The van der Waals surface area contributed by atoms with E-state index in [2.05, 4.69) is 22.9 Å². The zero-order valence-electron chi connectivity index (χ0n) is 14.2. The molecule has 0 N–H and O–H groups in total. The van der Waals surface area contributed by atoms with E-state index in [1.807, 2.05) is 0 Å². The molecule has 0 atom stereocenters. The highest BCUT2D eigenvalue weighted by Crippen LogP contribution is 2.23. The van der Waals surface area contributed by atoms with Gasteiger partial charge in [0.1, 0.15) is 11.5 Å². The van der Waals surface area contributed by atoms with Crippen molar-refractivity contribution in [1.29, 1.82) is 0 Å². The number of carbonyl (C=O) groups is 2. The average molecular weight is 405 g/mol. The molecule has 0 aromatic heterocycles. The summed E-state index contributed by atoms with van der Waals surface area (Å²) in [5.74, 6) is 0.449. The van der Waals surface area contributed by atoms with Gasteiger partial charge in [0.15, 0.2) is 6.29 Å². The van der Waals surface area contributed by atoms with Crippen LogP contribution in [0.1, 0.15) is 53.3 Å². The Balaban J connectivity index is 1.93. The molecule has 0 aliphatic heterocycles. The van der Waals surface area contributed by atoms with Crippen LogP contribution in [-0.2, 0) is 0 Å². The van der Waals surface area contributed by atoms with E-state index in [4.69, 9.17) is 9.47 Å². The standard InChI is InChI=1S/C20H21BrO4/c1-2-3-4-5-12-24-18-9-6-15(7-10-18)20(23)25-19-11-8-17(21)13-16(19)14-22/h6-11,13-14H,2-5,12H2,1H3. The van der Waals surface area contributed by atoms with Crippen LogP contribution in [0.2, 0.25) is 0 Å². The molecule has 132 valence electrons. The maximum Gasteiger partial charge on any atom is 0.343 e. The number of ether oxygens (including phenoxy) is 2. The summed E-state index contributed by atoms with van der Waals surface area (Å²) in [6.45, 7) is 2.84. The number of unbranched alkanes of at least 4 members (excludes halogenated alkanes) is 3. The van der Waals surface area contributed by atoms with E-state index in [0.29, 0.717) is 24.0 Å². The largest absolute Gasteiger partial charge is 0.494 e. The summed E-state index contributed by atoms with van der Waals surface area (Å²) < 4.78 is 11.7. The monoisotopic (exact) mass is 404 g/mol. The molecule has 0 spiro atoms. The Morgan fingerprint density at radius 2 is 1.84 bits per heavy atom. The van der Waals surface area contributed by atoms with E-state index in [1.165, 1.54) is 12.8 Å². The maximum absolute atomic E-state index is 12.2. The molecule has 0 aliphatic carbocycles. The van der Waals surface area contributed by atoms with Gasteiger partial charge in [-0.05, 0) is 48.9 Å². The van der Waals surface area contributed by atoms with Gasteiger partial charge in [-0.25, -0.2) is 4.79 Å². The van der Waals surface area contributed by atoms with Crippen LogP contribution in [0, 0.1) is 0 Å². The summed E-state index contributed by atoms with van der Waals surface area (Å²) in [6, 6.07) is 11.7. The van der Waals surface area contributed by atoms with Crippen LogP contribution in [0.4, 0.5) is 0 Å². The molecule has 0 saturated heterocycles. The fraction of sp³-hybridized carbons (Fsp3) is 0.300. The van der Waals surface area contributed by atoms with Crippen LogP contribution in [0.3, 0.4) is 0 Å². The summed E-state index contributed by atoms with van der Waals surface area (Å²) in [5.41, 5.74) is 0.716. The predicted octanol–water partition coefficient (Wildman–Crippen LogP) is 5.44. The van der Waals surface area contributed by atoms with Gasteiger partial charge >= 0.3 is 5.97 Å². The molecular weight excluding hydrogens is 384 g/mol. The van der Waals surface area contributed by atoms with Crippen molar-refractivity contribution in [1.82, 2.24) is 0 Å². The molecule has 0 unspecified atom stereocenters. The highest BCUT2D eigenvalue weighted by Gasteiger charge is 2.12. The van der Waals surface area contributed by atoms with Crippen molar-refractivity contribution < 1.29 is 19.1 Å². The summed E-state index contributed by atoms with van der Waals surface area (Å²) in [7, 11) is 0. The molecule has 0 fully saturated rings. The van der Waals surface area contributed by atoms with Crippen LogP contribution in [0.25, 0.3) is 0 Å². The maximum atomic E-state index is 12.2. The van der Waals surface area contributed by atoms with Crippen molar-refractivity contribution in [3.63, 3.8) is 0 Å². The van der Waals surface area contributed by atoms with Crippen molar-refractivity contribution in [2.45, 2.75) is 32.6 Å².